The highest BCUT2D eigenvalue weighted by Crippen LogP contribution is 2.38. The lowest BCUT2D eigenvalue weighted by atomic mass is 10.1. The average Bonchev–Trinajstić information content (AvgIpc) is 3.38. The maximum absolute atomic E-state index is 12.6. The Kier molecular flexibility index (Phi) is 5.12. The molecule has 7 nitrogen and oxygen atoms in total. The summed E-state index contributed by atoms with van der Waals surface area (Å²) in [6, 6.07) is 11.2. The van der Waals surface area contributed by atoms with E-state index in [4.69, 9.17) is 10.5 Å². The molecule has 0 saturated heterocycles. The Hall–Kier alpha value is -3.35. The van der Waals surface area contributed by atoms with Gasteiger partial charge in [0.25, 0.3) is 5.91 Å². The number of methoxy groups -OCH3 is 1. The fraction of sp³-hybridized carbons (Fsp3) is 0.250. The van der Waals surface area contributed by atoms with Crippen LogP contribution in [0.4, 0.5) is 11.4 Å². The Balaban J connectivity index is 1.76. The molecule has 1 saturated carbocycles. The van der Waals surface area contributed by atoms with Crippen LogP contribution in [0.1, 0.15) is 34.1 Å². The molecule has 7 heteroatoms. The number of amides is 3. The van der Waals surface area contributed by atoms with Gasteiger partial charge in [0.15, 0.2) is 0 Å². The molecule has 2 unspecified atom stereocenters. The van der Waals surface area contributed by atoms with E-state index in [1.165, 1.54) is 19.2 Å². The molecule has 0 radical (unpaired) electrons. The molecule has 0 bridgehead atoms. The third kappa shape index (κ3) is 4.25. The third-order valence-corrected chi connectivity index (χ3v) is 4.57. The molecule has 1 aliphatic carbocycles. The molecule has 0 heterocycles. The molecule has 1 fully saturated rings. The number of hydrogen-bond acceptors (Lipinski definition) is 4. The topological polar surface area (TPSA) is 111 Å². The summed E-state index contributed by atoms with van der Waals surface area (Å²) in [5.74, 6) is -0.181. The molecular formula is C20H21N3O4. The van der Waals surface area contributed by atoms with E-state index in [1.807, 2.05) is 6.92 Å². The number of hydrogen-bond donors (Lipinski definition) is 3. The normalized spacial score (nSPS) is 17.7. The molecule has 0 aromatic heterocycles. The van der Waals surface area contributed by atoms with Crippen LogP contribution in [0.2, 0.25) is 0 Å². The molecule has 27 heavy (non-hydrogen) atoms. The lowest BCUT2D eigenvalue weighted by Gasteiger charge is -2.12. The highest BCUT2D eigenvalue weighted by Gasteiger charge is 2.39. The van der Waals surface area contributed by atoms with Crippen LogP contribution in [0.15, 0.2) is 42.5 Å². The van der Waals surface area contributed by atoms with Gasteiger partial charge in [-0.3, -0.25) is 14.4 Å². The van der Waals surface area contributed by atoms with E-state index in [1.54, 1.807) is 30.3 Å². The summed E-state index contributed by atoms with van der Waals surface area (Å²) in [4.78, 5) is 36.0. The van der Waals surface area contributed by atoms with Gasteiger partial charge < -0.3 is 21.1 Å². The van der Waals surface area contributed by atoms with Crippen molar-refractivity contribution in [2.75, 3.05) is 17.7 Å². The van der Waals surface area contributed by atoms with Crippen molar-refractivity contribution in [1.82, 2.24) is 0 Å². The second kappa shape index (κ2) is 7.49. The van der Waals surface area contributed by atoms with Gasteiger partial charge in [0.05, 0.1) is 12.8 Å². The Morgan fingerprint density at radius 2 is 1.81 bits per heavy atom. The molecule has 0 aliphatic heterocycles. The van der Waals surface area contributed by atoms with Crippen LogP contribution < -0.4 is 21.1 Å². The number of rotatable bonds is 6. The number of anilines is 2. The van der Waals surface area contributed by atoms with Crippen molar-refractivity contribution < 1.29 is 19.1 Å². The standard InChI is InChI=1S/C20H21N3O4/c1-11-8-15(11)20(26)22-14-5-3-4-13(9-14)19(25)23-16-10-12(18(21)24)6-7-17(16)27-2/h3-7,9-11,15H,8H2,1-2H3,(H2,21,24)(H,22,26)(H,23,25). The van der Waals surface area contributed by atoms with E-state index in [-0.39, 0.29) is 17.4 Å². The number of ether oxygens (including phenoxy) is 1. The van der Waals surface area contributed by atoms with Gasteiger partial charge in [-0.05, 0) is 48.7 Å². The third-order valence-electron chi connectivity index (χ3n) is 4.57. The van der Waals surface area contributed by atoms with Crippen molar-refractivity contribution in [3.8, 4) is 5.75 Å². The Morgan fingerprint density at radius 3 is 2.44 bits per heavy atom. The molecular weight excluding hydrogens is 346 g/mol. The first-order valence-corrected chi connectivity index (χ1v) is 8.59. The summed E-state index contributed by atoms with van der Waals surface area (Å²) in [6.45, 7) is 2.03. The van der Waals surface area contributed by atoms with Gasteiger partial charge in [0, 0.05) is 22.7 Å². The lowest BCUT2D eigenvalue weighted by molar-refractivity contribution is -0.117. The van der Waals surface area contributed by atoms with Crippen LogP contribution in [0.5, 0.6) is 5.75 Å². The number of carbonyl (C=O) groups excluding carboxylic acids is 3. The van der Waals surface area contributed by atoms with Crippen molar-refractivity contribution in [2.45, 2.75) is 13.3 Å². The van der Waals surface area contributed by atoms with Gasteiger partial charge in [0.1, 0.15) is 5.75 Å². The largest absolute Gasteiger partial charge is 0.495 e. The predicted octanol–water partition coefficient (Wildman–Crippen LogP) is 2.64. The first-order valence-electron chi connectivity index (χ1n) is 8.59. The SMILES string of the molecule is COc1ccc(C(N)=O)cc1NC(=O)c1cccc(NC(=O)C2CC2C)c1. The molecule has 140 valence electrons. The monoisotopic (exact) mass is 367 g/mol. The van der Waals surface area contributed by atoms with E-state index >= 15 is 0 Å². The molecule has 2 aromatic carbocycles. The average molecular weight is 367 g/mol. The highest BCUT2D eigenvalue weighted by molar-refractivity contribution is 6.07. The minimum absolute atomic E-state index is 0.0316. The quantitative estimate of drug-likeness (QED) is 0.729. The van der Waals surface area contributed by atoms with E-state index in [2.05, 4.69) is 10.6 Å². The van der Waals surface area contributed by atoms with Gasteiger partial charge in [-0.1, -0.05) is 13.0 Å². The van der Waals surface area contributed by atoms with Crippen molar-refractivity contribution in [3.05, 3.63) is 53.6 Å². The van der Waals surface area contributed by atoms with Crippen molar-refractivity contribution in [3.63, 3.8) is 0 Å². The second-order valence-electron chi connectivity index (χ2n) is 6.62. The van der Waals surface area contributed by atoms with Crippen LogP contribution in [0.3, 0.4) is 0 Å². The van der Waals surface area contributed by atoms with Crippen LogP contribution in [0, 0.1) is 11.8 Å². The number of nitrogens with two attached hydrogens (primary N) is 1. The van der Waals surface area contributed by atoms with Crippen molar-refractivity contribution >= 4 is 29.1 Å². The fourth-order valence-corrected chi connectivity index (χ4v) is 2.81. The van der Waals surface area contributed by atoms with Gasteiger partial charge in [-0.2, -0.15) is 0 Å². The zero-order valence-corrected chi connectivity index (χ0v) is 15.1. The Morgan fingerprint density at radius 1 is 1.07 bits per heavy atom. The van der Waals surface area contributed by atoms with Gasteiger partial charge in [-0.25, -0.2) is 0 Å². The molecule has 0 spiro atoms. The van der Waals surface area contributed by atoms with Gasteiger partial charge in [0.2, 0.25) is 11.8 Å². The number of carbonyl (C=O) groups is 3. The summed E-state index contributed by atoms with van der Waals surface area (Å²) in [5, 5.41) is 5.55. The molecule has 4 N–H and O–H groups in total. The first-order chi connectivity index (χ1) is 12.9. The lowest BCUT2D eigenvalue weighted by Crippen LogP contribution is -2.17. The van der Waals surface area contributed by atoms with E-state index in [9.17, 15) is 14.4 Å². The maximum atomic E-state index is 12.6. The predicted molar refractivity (Wildman–Crippen MR) is 102 cm³/mol. The summed E-state index contributed by atoms with van der Waals surface area (Å²) in [7, 11) is 1.46. The van der Waals surface area contributed by atoms with E-state index in [0.29, 0.717) is 28.6 Å². The Labute approximate surface area is 156 Å². The zero-order chi connectivity index (χ0) is 19.6. The minimum atomic E-state index is -0.604. The van der Waals surface area contributed by atoms with Crippen LogP contribution in [-0.2, 0) is 4.79 Å². The van der Waals surface area contributed by atoms with E-state index < -0.39 is 11.8 Å². The smallest absolute Gasteiger partial charge is 0.255 e. The molecule has 2 atom stereocenters. The highest BCUT2D eigenvalue weighted by atomic mass is 16.5. The van der Waals surface area contributed by atoms with Crippen LogP contribution in [-0.4, -0.2) is 24.8 Å². The minimum Gasteiger partial charge on any atom is -0.495 e. The van der Waals surface area contributed by atoms with Crippen molar-refractivity contribution in [2.24, 2.45) is 17.6 Å². The van der Waals surface area contributed by atoms with Crippen molar-refractivity contribution in [1.29, 1.82) is 0 Å². The van der Waals surface area contributed by atoms with Crippen LogP contribution >= 0.6 is 0 Å². The fourth-order valence-electron chi connectivity index (χ4n) is 2.81. The summed E-state index contributed by atoms with van der Waals surface area (Å²) >= 11 is 0. The van der Waals surface area contributed by atoms with Gasteiger partial charge in [-0.15, -0.1) is 0 Å². The number of nitrogens with one attached hydrogen (secondary N) is 2. The molecule has 1 aliphatic rings. The summed E-state index contributed by atoms with van der Waals surface area (Å²) in [6.07, 6.45) is 0.891. The molecule has 3 amide bonds. The maximum Gasteiger partial charge on any atom is 0.255 e. The summed E-state index contributed by atoms with van der Waals surface area (Å²) in [5.41, 5.74) is 6.80. The summed E-state index contributed by atoms with van der Waals surface area (Å²) < 4.78 is 5.21. The van der Waals surface area contributed by atoms with E-state index in [0.717, 1.165) is 6.42 Å². The molecule has 3 rings (SSSR count). The van der Waals surface area contributed by atoms with Gasteiger partial charge >= 0.3 is 0 Å². The first kappa shape index (κ1) is 18.4. The number of benzene rings is 2. The number of primary amides is 1. The molecule has 2 aromatic rings. The second-order valence-corrected chi connectivity index (χ2v) is 6.62. The zero-order valence-electron chi connectivity index (χ0n) is 15.1. The Bertz CT molecular complexity index is 910. The van der Waals surface area contributed by atoms with Crippen LogP contribution in [0.25, 0.3) is 0 Å².